The van der Waals surface area contributed by atoms with Crippen molar-refractivity contribution in [3.05, 3.63) is 29.0 Å². The van der Waals surface area contributed by atoms with E-state index in [-0.39, 0.29) is 5.69 Å². The Morgan fingerprint density at radius 3 is 2.41 bits per heavy atom. The minimum absolute atomic E-state index is 0.156. The van der Waals surface area contributed by atoms with E-state index in [1.54, 1.807) is 12.3 Å². The van der Waals surface area contributed by atoms with Gasteiger partial charge in [-0.25, -0.2) is 4.79 Å². The Balaban J connectivity index is 2.26. The maximum atomic E-state index is 10.9. The topological polar surface area (TPSA) is 83.6 Å². The van der Waals surface area contributed by atoms with Crippen LogP contribution >= 0.6 is 0 Å². The standard InChI is InChI=1S/C15H23BN2O4/c1-14(2)15(3,4)22-16(21-14)11(9-17-5)6-10-7-12(13(19)20)18-8-10/h6-8,17-18H,9H2,1-5H3,(H,19,20). The highest BCUT2D eigenvalue weighted by molar-refractivity contribution is 6.55. The van der Waals surface area contributed by atoms with Crippen LogP contribution in [0.5, 0.6) is 0 Å². The minimum Gasteiger partial charge on any atom is -0.477 e. The van der Waals surface area contributed by atoms with Crippen LogP contribution in [0, 0.1) is 0 Å². The smallest absolute Gasteiger partial charge is 0.477 e. The first-order chi connectivity index (χ1) is 10.2. The van der Waals surface area contributed by atoms with Gasteiger partial charge in [-0.15, -0.1) is 0 Å². The summed E-state index contributed by atoms with van der Waals surface area (Å²) in [4.78, 5) is 13.7. The molecule has 1 saturated heterocycles. The van der Waals surface area contributed by atoms with E-state index in [9.17, 15) is 4.79 Å². The number of rotatable bonds is 5. The molecular weight excluding hydrogens is 283 g/mol. The maximum Gasteiger partial charge on any atom is 0.491 e. The molecule has 1 aromatic heterocycles. The summed E-state index contributed by atoms with van der Waals surface area (Å²) >= 11 is 0. The fraction of sp³-hybridized carbons (Fsp3) is 0.533. The molecule has 7 heteroatoms. The highest BCUT2D eigenvalue weighted by Gasteiger charge is 2.52. The zero-order valence-electron chi connectivity index (χ0n) is 13.7. The van der Waals surface area contributed by atoms with Crippen molar-refractivity contribution < 1.29 is 19.2 Å². The molecular formula is C15H23BN2O4. The van der Waals surface area contributed by atoms with Gasteiger partial charge in [-0.1, -0.05) is 6.08 Å². The summed E-state index contributed by atoms with van der Waals surface area (Å²) in [7, 11) is 1.39. The average molecular weight is 306 g/mol. The summed E-state index contributed by atoms with van der Waals surface area (Å²) in [6, 6.07) is 1.59. The van der Waals surface area contributed by atoms with E-state index in [1.807, 2.05) is 40.8 Å². The fourth-order valence-electron chi connectivity index (χ4n) is 2.23. The number of hydrogen-bond acceptors (Lipinski definition) is 4. The minimum atomic E-state index is -0.981. The maximum absolute atomic E-state index is 10.9. The average Bonchev–Trinajstić information content (AvgIpc) is 2.92. The molecule has 0 atom stereocenters. The molecule has 3 N–H and O–H groups in total. The molecule has 22 heavy (non-hydrogen) atoms. The molecule has 0 aromatic carbocycles. The molecule has 1 fully saturated rings. The van der Waals surface area contributed by atoms with E-state index < -0.39 is 24.3 Å². The predicted molar refractivity (Wildman–Crippen MR) is 85.7 cm³/mol. The molecule has 6 nitrogen and oxygen atoms in total. The largest absolute Gasteiger partial charge is 0.491 e. The quantitative estimate of drug-likeness (QED) is 0.724. The number of hydrogen-bond donors (Lipinski definition) is 3. The van der Waals surface area contributed by atoms with Gasteiger partial charge in [-0.2, -0.15) is 0 Å². The number of aromatic nitrogens is 1. The first kappa shape index (κ1) is 16.8. The van der Waals surface area contributed by atoms with Crippen molar-refractivity contribution in [1.29, 1.82) is 0 Å². The van der Waals surface area contributed by atoms with Crippen molar-refractivity contribution in [3.63, 3.8) is 0 Å². The van der Waals surface area contributed by atoms with Crippen LogP contribution in [-0.4, -0.2) is 48.0 Å². The number of carboxylic acids is 1. The van der Waals surface area contributed by atoms with Crippen molar-refractivity contribution in [2.24, 2.45) is 0 Å². The predicted octanol–water partition coefficient (Wildman–Crippen LogP) is 1.95. The second kappa shape index (κ2) is 5.91. The summed E-state index contributed by atoms with van der Waals surface area (Å²) in [6.45, 7) is 8.60. The molecule has 0 spiro atoms. The van der Waals surface area contributed by atoms with Crippen LogP contribution in [0.25, 0.3) is 6.08 Å². The number of carbonyl (C=O) groups is 1. The van der Waals surface area contributed by atoms with Gasteiger partial charge in [0.1, 0.15) is 5.69 Å². The molecule has 0 aliphatic carbocycles. The second-order valence-corrected chi connectivity index (χ2v) is 6.49. The van der Waals surface area contributed by atoms with Crippen molar-refractivity contribution in [3.8, 4) is 0 Å². The van der Waals surface area contributed by atoms with E-state index in [4.69, 9.17) is 14.4 Å². The Morgan fingerprint density at radius 2 is 1.95 bits per heavy atom. The number of nitrogens with one attached hydrogen (secondary N) is 2. The van der Waals surface area contributed by atoms with Crippen LogP contribution in [0.15, 0.2) is 17.7 Å². The van der Waals surface area contributed by atoms with Crippen molar-refractivity contribution in [2.75, 3.05) is 13.6 Å². The Labute approximate surface area is 131 Å². The third kappa shape index (κ3) is 3.26. The Morgan fingerprint density at radius 1 is 1.36 bits per heavy atom. The second-order valence-electron chi connectivity index (χ2n) is 6.49. The summed E-state index contributed by atoms with van der Waals surface area (Å²) in [6.07, 6.45) is 3.55. The molecule has 0 saturated carbocycles. The molecule has 1 aliphatic rings. The third-order valence-electron chi connectivity index (χ3n) is 4.22. The van der Waals surface area contributed by atoms with Gasteiger partial charge in [0.2, 0.25) is 0 Å². The van der Waals surface area contributed by atoms with E-state index in [0.717, 1.165) is 11.0 Å². The van der Waals surface area contributed by atoms with Gasteiger partial charge in [-0.05, 0) is 51.8 Å². The highest BCUT2D eigenvalue weighted by atomic mass is 16.7. The van der Waals surface area contributed by atoms with Gasteiger partial charge in [-0.3, -0.25) is 0 Å². The molecule has 0 unspecified atom stereocenters. The fourth-order valence-corrected chi connectivity index (χ4v) is 2.23. The van der Waals surface area contributed by atoms with Crippen molar-refractivity contribution >= 4 is 19.2 Å². The first-order valence-corrected chi connectivity index (χ1v) is 7.29. The normalized spacial score (nSPS) is 20.4. The SMILES string of the molecule is CNCC(=Cc1c[nH]c(C(=O)O)c1)B1OC(C)(C)C(C)(C)O1. The van der Waals surface area contributed by atoms with Crippen LogP contribution in [0.1, 0.15) is 43.7 Å². The Kier molecular flexibility index (Phi) is 4.51. The Bertz CT molecular complexity index is 576. The summed E-state index contributed by atoms with van der Waals surface area (Å²) in [5, 5.41) is 12.1. The monoisotopic (exact) mass is 306 g/mol. The van der Waals surface area contributed by atoms with Crippen LogP contribution in [0.2, 0.25) is 0 Å². The lowest BCUT2D eigenvalue weighted by Gasteiger charge is -2.32. The molecule has 1 aliphatic heterocycles. The molecule has 0 radical (unpaired) electrons. The summed E-state index contributed by atoms with van der Waals surface area (Å²) < 4.78 is 12.1. The van der Waals surface area contributed by atoms with Crippen LogP contribution in [-0.2, 0) is 9.31 Å². The zero-order valence-corrected chi connectivity index (χ0v) is 13.7. The van der Waals surface area contributed by atoms with E-state index in [2.05, 4.69) is 10.3 Å². The molecule has 1 aromatic rings. The molecule has 120 valence electrons. The first-order valence-electron chi connectivity index (χ1n) is 7.29. The Hall–Kier alpha value is -1.57. The molecule has 2 rings (SSSR count). The van der Waals surface area contributed by atoms with Crippen molar-refractivity contribution in [1.82, 2.24) is 10.3 Å². The van der Waals surface area contributed by atoms with Crippen LogP contribution in [0.3, 0.4) is 0 Å². The van der Waals surface area contributed by atoms with E-state index in [1.165, 1.54) is 0 Å². The number of aromatic carboxylic acids is 1. The third-order valence-corrected chi connectivity index (χ3v) is 4.22. The summed E-state index contributed by atoms with van der Waals surface area (Å²) in [5.41, 5.74) is 1.03. The van der Waals surface area contributed by atoms with Crippen LogP contribution in [0.4, 0.5) is 0 Å². The van der Waals surface area contributed by atoms with Crippen molar-refractivity contribution in [2.45, 2.75) is 38.9 Å². The lowest BCUT2D eigenvalue weighted by Crippen LogP contribution is -2.41. The van der Waals surface area contributed by atoms with Gasteiger partial charge < -0.3 is 24.7 Å². The summed E-state index contributed by atoms with van der Waals surface area (Å²) in [5.74, 6) is -0.981. The van der Waals surface area contributed by atoms with Gasteiger partial charge in [0.15, 0.2) is 0 Å². The number of H-pyrrole nitrogens is 1. The van der Waals surface area contributed by atoms with Gasteiger partial charge in [0.05, 0.1) is 11.2 Å². The molecule has 0 bridgehead atoms. The lowest BCUT2D eigenvalue weighted by atomic mass is 9.77. The van der Waals surface area contributed by atoms with Crippen LogP contribution < -0.4 is 5.32 Å². The van der Waals surface area contributed by atoms with Gasteiger partial charge in [0.25, 0.3) is 0 Å². The zero-order chi connectivity index (χ0) is 16.5. The number of carboxylic acid groups (broad SMARTS) is 1. The van der Waals surface area contributed by atoms with E-state index >= 15 is 0 Å². The van der Waals surface area contributed by atoms with E-state index in [0.29, 0.717) is 6.54 Å². The van der Waals surface area contributed by atoms with Gasteiger partial charge in [0, 0.05) is 12.7 Å². The molecule has 0 amide bonds. The highest BCUT2D eigenvalue weighted by Crippen LogP contribution is 2.38. The lowest BCUT2D eigenvalue weighted by molar-refractivity contribution is 0.00578. The number of likely N-dealkylation sites (N-methyl/N-ethyl adjacent to an activating group) is 1. The van der Waals surface area contributed by atoms with Gasteiger partial charge >= 0.3 is 13.1 Å². The molecule has 2 heterocycles. The number of aromatic amines is 1.